The normalized spacial score (nSPS) is 10.5. The van der Waals surface area contributed by atoms with Crippen LogP contribution in [0.25, 0.3) is 0 Å². The molecule has 3 nitrogen and oxygen atoms in total. The lowest BCUT2D eigenvalue weighted by atomic mass is 10.4. The van der Waals surface area contributed by atoms with E-state index < -0.39 is 0 Å². The third kappa shape index (κ3) is 2.51. The number of rotatable bonds is 4. The Morgan fingerprint density at radius 3 is 2.08 bits per heavy atom. The lowest BCUT2D eigenvalue weighted by Crippen LogP contribution is -2.49. The van der Waals surface area contributed by atoms with Crippen LogP contribution in [0, 0.1) is 0 Å². The molecular formula is C9H16NO2+. The van der Waals surface area contributed by atoms with Gasteiger partial charge in [-0.15, -0.1) is 0 Å². The standard InChI is InChI=1S/C9H16NO2/c1-5-7-10(3,8-6-2)9(11)12-4/h5-6H,1-2,7-8H2,3-4H3/q+1. The first-order chi connectivity index (χ1) is 5.60. The fraction of sp³-hybridized carbons (Fsp3) is 0.444. The fourth-order valence-corrected chi connectivity index (χ4v) is 1.01. The third-order valence-corrected chi connectivity index (χ3v) is 1.68. The molecule has 0 aromatic heterocycles. The van der Waals surface area contributed by atoms with Crippen molar-refractivity contribution in [3.63, 3.8) is 0 Å². The van der Waals surface area contributed by atoms with E-state index in [1.165, 1.54) is 7.11 Å². The SMILES string of the molecule is C=CC[N+](C)(CC=C)C(=O)OC. The van der Waals surface area contributed by atoms with Crippen LogP contribution < -0.4 is 0 Å². The molecule has 12 heavy (non-hydrogen) atoms. The molecule has 0 spiro atoms. The monoisotopic (exact) mass is 170 g/mol. The van der Waals surface area contributed by atoms with Gasteiger partial charge in [-0.2, -0.15) is 4.79 Å². The topological polar surface area (TPSA) is 26.3 Å². The van der Waals surface area contributed by atoms with E-state index in [9.17, 15) is 4.79 Å². The summed E-state index contributed by atoms with van der Waals surface area (Å²) in [5.74, 6) is 0. The summed E-state index contributed by atoms with van der Waals surface area (Å²) in [6.45, 7) is 8.28. The van der Waals surface area contributed by atoms with E-state index >= 15 is 0 Å². The maximum absolute atomic E-state index is 11.3. The zero-order valence-electron chi connectivity index (χ0n) is 7.75. The first-order valence-electron chi connectivity index (χ1n) is 3.75. The largest absolute Gasteiger partial charge is 0.516 e. The summed E-state index contributed by atoms with van der Waals surface area (Å²) in [6, 6.07) is 0. The first kappa shape index (κ1) is 10.9. The van der Waals surface area contributed by atoms with Crippen LogP contribution in [0.5, 0.6) is 0 Å². The van der Waals surface area contributed by atoms with Gasteiger partial charge < -0.3 is 4.74 Å². The van der Waals surface area contributed by atoms with Crippen molar-refractivity contribution >= 4 is 6.09 Å². The Hall–Kier alpha value is -1.09. The maximum atomic E-state index is 11.3. The van der Waals surface area contributed by atoms with E-state index in [2.05, 4.69) is 17.9 Å². The highest BCUT2D eigenvalue weighted by atomic mass is 16.5. The van der Waals surface area contributed by atoms with Crippen LogP contribution in [0.2, 0.25) is 0 Å². The van der Waals surface area contributed by atoms with Crippen LogP contribution in [-0.2, 0) is 4.74 Å². The Morgan fingerprint density at radius 1 is 1.42 bits per heavy atom. The van der Waals surface area contributed by atoms with Gasteiger partial charge in [-0.05, 0) is 12.2 Å². The molecule has 0 rings (SSSR count). The smallest absolute Gasteiger partial charge is 0.423 e. The minimum absolute atomic E-state index is 0.170. The predicted molar refractivity (Wildman–Crippen MR) is 48.7 cm³/mol. The highest BCUT2D eigenvalue weighted by Crippen LogP contribution is 2.05. The zero-order chi connectivity index (χ0) is 9.61. The predicted octanol–water partition coefficient (Wildman–Crippen LogP) is 1.57. The number of amides is 1. The molecule has 0 N–H and O–H groups in total. The minimum Gasteiger partial charge on any atom is -0.423 e. The van der Waals surface area contributed by atoms with Crippen molar-refractivity contribution in [2.24, 2.45) is 0 Å². The van der Waals surface area contributed by atoms with Crippen molar-refractivity contribution in [2.45, 2.75) is 0 Å². The molecule has 0 aliphatic carbocycles. The second kappa shape index (κ2) is 4.72. The Labute approximate surface area is 73.5 Å². The second-order valence-corrected chi connectivity index (χ2v) is 2.81. The van der Waals surface area contributed by atoms with Gasteiger partial charge in [0.2, 0.25) is 0 Å². The van der Waals surface area contributed by atoms with E-state index in [1.54, 1.807) is 19.2 Å². The number of nitrogens with zero attached hydrogens (tertiary/aromatic N) is 1. The molecule has 0 fully saturated rings. The van der Waals surface area contributed by atoms with Gasteiger partial charge in [-0.25, -0.2) is 4.48 Å². The van der Waals surface area contributed by atoms with Gasteiger partial charge in [0, 0.05) is 0 Å². The van der Waals surface area contributed by atoms with E-state index in [4.69, 9.17) is 0 Å². The van der Waals surface area contributed by atoms with Crippen molar-refractivity contribution in [3.8, 4) is 0 Å². The number of quaternary nitrogens is 1. The Morgan fingerprint density at radius 2 is 1.83 bits per heavy atom. The van der Waals surface area contributed by atoms with Crippen LogP contribution in [0.4, 0.5) is 4.79 Å². The molecule has 0 aliphatic rings. The van der Waals surface area contributed by atoms with Crippen LogP contribution >= 0.6 is 0 Å². The lowest BCUT2D eigenvalue weighted by molar-refractivity contribution is -0.825. The summed E-state index contributed by atoms with van der Waals surface area (Å²) < 4.78 is 4.83. The number of carbonyl (C=O) groups is 1. The van der Waals surface area contributed by atoms with Crippen molar-refractivity contribution in [2.75, 3.05) is 27.2 Å². The summed E-state index contributed by atoms with van der Waals surface area (Å²) in [6.07, 6.45) is 3.12. The summed E-state index contributed by atoms with van der Waals surface area (Å²) in [4.78, 5) is 11.3. The Kier molecular flexibility index (Phi) is 4.29. The quantitative estimate of drug-likeness (QED) is 0.473. The maximum Gasteiger partial charge on any atom is 0.516 e. The first-order valence-corrected chi connectivity index (χ1v) is 3.75. The van der Waals surface area contributed by atoms with Crippen LogP contribution in [0.15, 0.2) is 25.3 Å². The average Bonchev–Trinajstić information content (AvgIpc) is 2.04. The van der Waals surface area contributed by atoms with Crippen LogP contribution in [0.3, 0.4) is 0 Å². The molecule has 1 amide bonds. The van der Waals surface area contributed by atoms with Crippen molar-refractivity contribution < 1.29 is 14.0 Å². The Balaban J connectivity index is 4.46. The van der Waals surface area contributed by atoms with Gasteiger partial charge in [0.05, 0.1) is 14.2 Å². The highest BCUT2D eigenvalue weighted by Gasteiger charge is 2.29. The molecule has 0 unspecified atom stereocenters. The summed E-state index contributed by atoms with van der Waals surface area (Å²) in [5.41, 5.74) is 0. The molecule has 0 aromatic carbocycles. The van der Waals surface area contributed by atoms with Crippen molar-refractivity contribution in [1.82, 2.24) is 0 Å². The van der Waals surface area contributed by atoms with E-state index in [0.717, 1.165) is 0 Å². The second-order valence-electron chi connectivity index (χ2n) is 2.81. The molecule has 3 heteroatoms. The number of carbonyl (C=O) groups excluding carboxylic acids is 1. The van der Waals surface area contributed by atoms with Crippen molar-refractivity contribution in [1.29, 1.82) is 0 Å². The molecule has 0 heterocycles. The van der Waals surface area contributed by atoms with E-state index in [1.807, 2.05) is 0 Å². The van der Waals surface area contributed by atoms with Gasteiger partial charge >= 0.3 is 6.09 Å². The molecule has 0 saturated carbocycles. The fourth-order valence-electron chi connectivity index (χ4n) is 1.01. The average molecular weight is 170 g/mol. The minimum atomic E-state index is -0.269. The number of hydrogen-bond donors (Lipinski definition) is 0. The number of hydrogen-bond acceptors (Lipinski definition) is 2. The zero-order valence-corrected chi connectivity index (χ0v) is 7.75. The molecule has 0 radical (unpaired) electrons. The Bertz CT molecular complexity index is 177. The van der Waals surface area contributed by atoms with Crippen LogP contribution in [0.1, 0.15) is 0 Å². The van der Waals surface area contributed by atoms with Gasteiger partial charge in [-0.1, -0.05) is 13.2 Å². The van der Waals surface area contributed by atoms with Crippen molar-refractivity contribution in [3.05, 3.63) is 25.3 Å². The molecule has 68 valence electrons. The number of methoxy groups -OCH3 is 1. The van der Waals surface area contributed by atoms with Gasteiger partial charge in [0.1, 0.15) is 13.1 Å². The summed E-state index contributed by atoms with van der Waals surface area (Å²) in [7, 11) is 3.17. The van der Waals surface area contributed by atoms with E-state index in [-0.39, 0.29) is 10.6 Å². The molecule has 0 atom stereocenters. The molecule has 0 aliphatic heterocycles. The molecule has 0 saturated heterocycles. The van der Waals surface area contributed by atoms with Gasteiger partial charge in [0.25, 0.3) is 0 Å². The van der Waals surface area contributed by atoms with Gasteiger partial charge in [0.15, 0.2) is 0 Å². The van der Waals surface area contributed by atoms with E-state index in [0.29, 0.717) is 13.1 Å². The highest BCUT2D eigenvalue weighted by molar-refractivity contribution is 5.59. The molecule has 0 bridgehead atoms. The number of likely N-dealkylation sites (N-methyl/N-ethyl adjacent to an activating group) is 1. The third-order valence-electron chi connectivity index (χ3n) is 1.68. The summed E-state index contributed by atoms with van der Waals surface area (Å²) in [5, 5.41) is 0. The summed E-state index contributed by atoms with van der Waals surface area (Å²) >= 11 is 0. The lowest BCUT2D eigenvalue weighted by Gasteiger charge is -2.26. The molecular weight excluding hydrogens is 154 g/mol. The van der Waals surface area contributed by atoms with Gasteiger partial charge in [-0.3, -0.25) is 0 Å². The number of ether oxygens (including phenoxy) is 1. The van der Waals surface area contributed by atoms with Crippen LogP contribution in [-0.4, -0.2) is 37.8 Å². The molecule has 0 aromatic rings.